The van der Waals surface area contributed by atoms with Gasteiger partial charge in [0.15, 0.2) is 0 Å². The molecule has 0 aliphatic carbocycles. The van der Waals surface area contributed by atoms with Gasteiger partial charge in [-0.1, -0.05) is 26.0 Å². The topological polar surface area (TPSA) is 23.8 Å². The average Bonchev–Trinajstić information content (AvgIpc) is 2.15. The Hall–Kier alpha value is -1.36. The van der Waals surface area contributed by atoms with E-state index >= 15 is 0 Å². The van der Waals surface area contributed by atoms with Gasteiger partial charge in [0.05, 0.1) is 6.07 Å². The molecule has 0 spiro atoms. The number of hydrogen-bond acceptors (Lipinski definition) is 1. The quantitative estimate of drug-likeness (QED) is 0.718. The number of nitriles is 1. The van der Waals surface area contributed by atoms with Crippen molar-refractivity contribution in [2.45, 2.75) is 32.6 Å². The van der Waals surface area contributed by atoms with Crippen LogP contribution >= 0.6 is 0 Å². The summed E-state index contributed by atoms with van der Waals surface area (Å²) in [5, 5.41) is 8.48. The van der Waals surface area contributed by atoms with Crippen LogP contribution in [0.15, 0.2) is 18.2 Å². The number of rotatable bonds is 3. The summed E-state index contributed by atoms with van der Waals surface area (Å²) >= 11 is 0. The SMILES string of the molecule is CC(C)c1cccc(F)c1CCC#N. The molecular weight excluding hydrogens is 177 g/mol. The van der Waals surface area contributed by atoms with Gasteiger partial charge in [0.2, 0.25) is 0 Å². The zero-order valence-electron chi connectivity index (χ0n) is 8.55. The molecule has 0 fully saturated rings. The highest BCUT2D eigenvalue weighted by Gasteiger charge is 2.10. The van der Waals surface area contributed by atoms with Crippen molar-refractivity contribution >= 4 is 0 Å². The van der Waals surface area contributed by atoms with Crippen LogP contribution in [0.4, 0.5) is 4.39 Å². The van der Waals surface area contributed by atoms with E-state index in [9.17, 15) is 4.39 Å². The van der Waals surface area contributed by atoms with Crippen LogP contribution in [-0.4, -0.2) is 0 Å². The Bertz CT molecular complexity index is 350. The molecule has 0 aromatic heterocycles. The van der Waals surface area contributed by atoms with E-state index in [4.69, 9.17) is 5.26 Å². The molecule has 0 amide bonds. The van der Waals surface area contributed by atoms with Gasteiger partial charge < -0.3 is 0 Å². The number of nitrogens with zero attached hydrogens (tertiary/aromatic N) is 1. The maximum absolute atomic E-state index is 13.4. The number of halogens is 1. The van der Waals surface area contributed by atoms with Crippen molar-refractivity contribution in [3.63, 3.8) is 0 Å². The molecule has 74 valence electrons. The predicted molar refractivity (Wildman–Crippen MR) is 54.4 cm³/mol. The second-order valence-corrected chi connectivity index (χ2v) is 3.62. The maximum atomic E-state index is 13.4. The van der Waals surface area contributed by atoms with E-state index in [-0.39, 0.29) is 5.82 Å². The minimum absolute atomic E-state index is 0.188. The van der Waals surface area contributed by atoms with Gasteiger partial charge >= 0.3 is 0 Å². The third-order valence-electron chi connectivity index (χ3n) is 2.26. The van der Waals surface area contributed by atoms with Gasteiger partial charge in [-0.25, -0.2) is 4.39 Å². The molecule has 2 heteroatoms. The van der Waals surface area contributed by atoms with Gasteiger partial charge in [-0.2, -0.15) is 5.26 Å². The lowest BCUT2D eigenvalue weighted by Crippen LogP contribution is -1.99. The smallest absolute Gasteiger partial charge is 0.126 e. The summed E-state index contributed by atoms with van der Waals surface area (Å²) in [6, 6.07) is 7.15. The second-order valence-electron chi connectivity index (χ2n) is 3.62. The van der Waals surface area contributed by atoms with E-state index in [0.717, 1.165) is 5.56 Å². The summed E-state index contributed by atoms with van der Waals surface area (Å²) in [6.45, 7) is 4.06. The molecule has 0 heterocycles. The maximum Gasteiger partial charge on any atom is 0.126 e. The van der Waals surface area contributed by atoms with Crippen LogP contribution in [0.1, 0.15) is 37.3 Å². The average molecular weight is 191 g/mol. The zero-order valence-corrected chi connectivity index (χ0v) is 8.55. The van der Waals surface area contributed by atoms with Crippen LogP contribution in [0, 0.1) is 17.1 Å². The molecule has 1 nitrogen and oxygen atoms in total. The summed E-state index contributed by atoms with van der Waals surface area (Å²) in [5.74, 6) is 0.117. The summed E-state index contributed by atoms with van der Waals surface area (Å²) in [7, 11) is 0. The molecule has 0 atom stereocenters. The van der Waals surface area contributed by atoms with Gasteiger partial charge in [0.25, 0.3) is 0 Å². The Morgan fingerprint density at radius 2 is 2.14 bits per heavy atom. The lowest BCUT2D eigenvalue weighted by molar-refractivity contribution is 0.602. The predicted octanol–water partition coefficient (Wildman–Crippen LogP) is 3.41. The fourth-order valence-corrected chi connectivity index (χ4v) is 1.56. The van der Waals surface area contributed by atoms with Crippen LogP contribution in [0.2, 0.25) is 0 Å². The molecule has 0 bridgehead atoms. The molecule has 0 unspecified atom stereocenters. The molecule has 0 N–H and O–H groups in total. The van der Waals surface area contributed by atoms with Crippen molar-refractivity contribution < 1.29 is 4.39 Å². The van der Waals surface area contributed by atoms with E-state index in [1.54, 1.807) is 6.07 Å². The van der Waals surface area contributed by atoms with Crippen molar-refractivity contribution in [3.05, 3.63) is 35.1 Å². The first-order valence-corrected chi connectivity index (χ1v) is 4.81. The summed E-state index contributed by atoms with van der Waals surface area (Å²) in [5.41, 5.74) is 1.71. The Morgan fingerprint density at radius 3 is 2.71 bits per heavy atom. The third-order valence-corrected chi connectivity index (χ3v) is 2.26. The van der Waals surface area contributed by atoms with Crippen LogP contribution in [0.25, 0.3) is 0 Å². The van der Waals surface area contributed by atoms with Crippen LogP contribution < -0.4 is 0 Å². The Kier molecular flexibility index (Phi) is 3.64. The van der Waals surface area contributed by atoms with Crippen molar-refractivity contribution in [3.8, 4) is 6.07 Å². The van der Waals surface area contributed by atoms with Gasteiger partial charge in [-0.3, -0.25) is 0 Å². The molecule has 0 radical (unpaired) electrons. The highest BCUT2D eigenvalue weighted by atomic mass is 19.1. The van der Waals surface area contributed by atoms with E-state index < -0.39 is 0 Å². The molecule has 0 saturated heterocycles. The highest BCUT2D eigenvalue weighted by molar-refractivity contribution is 5.31. The molecule has 0 saturated carbocycles. The number of benzene rings is 1. The summed E-state index contributed by atoms with van der Waals surface area (Å²) in [4.78, 5) is 0. The van der Waals surface area contributed by atoms with E-state index in [2.05, 4.69) is 0 Å². The largest absolute Gasteiger partial charge is 0.207 e. The fraction of sp³-hybridized carbons (Fsp3) is 0.417. The third kappa shape index (κ3) is 2.32. The van der Waals surface area contributed by atoms with Gasteiger partial charge in [0, 0.05) is 6.42 Å². The Balaban J connectivity index is 3.04. The van der Waals surface area contributed by atoms with Crippen molar-refractivity contribution in [2.24, 2.45) is 0 Å². The Labute approximate surface area is 84.2 Å². The number of hydrogen-bond donors (Lipinski definition) is 0. The van der Waals surface area contributed by atoms with Crippen molar-refractivity contribution in [2.75, 3.05) is 0 Å². The van der Waals surface area contributed by atoms with Gasteiger partial charge in [-0.05, 0) is 29.5 Å². The molecule has 0 aliphatic heterocycles. The second kappa shape index (κ2) is 4.76. The van der Waals surface area contributed by atoms with E-state index in [1.165, 1.54) is 6.07 Å². The minimum Gasteiger partial charge on any atom is -0.207 e. The molecule has 1 rings (SSSR count). The zero-order chi connectivity index (χ0) is 10.6. The molecule has 1 aromatic carbocycles. The summed E-state index contributed by atoms with van der Waals surface area (Å²) in [6.07, 6.45) is 0.886. The van der Waals surface area contributed by atoms with Crippen molar-refractivity contribution in [1.29, 1.82) is 5.26 Å². The van der Waals surface area contributed by atoms with Gasteiger partial charge in [-0.15, -0.1) is 0 Å². The van der Waals surface area contributed by atoms with E-state index in [0.29, 0.717) is 24.3 Å². The monoisotopic (exact) mass is 191 g/mol. The molecule has 1 aromatic rings. The van der Waals surface area contributed by atoms with Crippen LogP contribution in [0.3, 0.4) is 0 Å². The highest BCUT2D eigenvalue weighted by Crippen LogP contribution is 2.22. The lowest BCUT2D eigenvalue weighted by Gasteiger charge is -2.12. The molecular formula is C12H14FN. The lowest BCUT2D eigenvalue weighted by atomic mass is 9.94. The first-order chi connectivity index (χ1) is 6.66. The van der Waals surface area contributed by atoms with Crippen LogP contribution in [-0.2, 0) is 6.42 Å². The van der Waals surface area contributed by atoms with Crippen molar-refractivity contribution in [1.82, 2.24) is 0 Å². The minimum atomic E-state index is -0.188. The standard InChI is InChI=1S/C12H14FN/c1-9(2)10-5-3-7-12(13)11(10)6-4-8-14/h3,5,7,9H,4,6H2,1-2H3. The fourth-order valence-electron chi connectivity index (χ4n) is 1.56. The first-order valence-electron chi connectivity index (χ1n) is 4.81. The first kappa shape index (κ1) is 10.7. The normalized spacial score (nSPS) is 10.2. The van der Waals surface area contributed by atoms with Gasteiger partial charge in [0.1, 0.15) is 5.82 Å². The molecule has 0 aliphatic rings. The van der Waals surface area contributed by atoms with Crippen LogP contribution in [0.5, 0.6) is 0 Å². The van der Waals surface area contributed by atoms with E-state index in [1.807, 2.05) is 26.0 Å². The Morgan fingerprint density at radius 1 is 1.43 bits per heavy atom. The summed E-state index contributed by atoms with van der Waals surface area (Å²) < 4.78 is 13.4. The molecule has 14 heavy (non-hydrogen) atoms.